The number of benzene rings is 3. The van der Waals surface area contributed by atoms with Crippen LogP contribution in [-0.2, 0) is 19.2 Å². The number of para-hydroxylation sites is 1. The molecule has 0 bridgehead atoms. The van der Waals surface area contributed by atoms with Crippen molar-refractivity contribution in [2.75, 3.05) is 9.80 Å². The average Bonchev–Trinajstić information content (AvgIpc) is 3.44. The number of phenols is 3. The predicted octanol–water partition coefficient (Wildman–Crippen LogP) is 3.38. The van der Waals surface area contributed by atoms with E-state index in [0.717, 1.165) is 40.1 Å². The lowest BCUT2D eigenvalue weighted by Gasteiger charge is -2.44. The van der Waals surface area contributed by atoms with Crippen LogP contribution in [0.2, 0.25) is 0 Å². The molecule has 5 N–H and O–H groups in total. The Balaban J connectivity index is 1.32. The standard InChI is InChI=1S/C34H25FN2O11/c35-22-3-1-2-18(28(22)40)25-15-8-9-19-26(31(43)36(29(19)41)13-4-6-16(33(45)46)23(38)10-13)20(15)12-21-27(25)32(44)37(30(21)42)14-5-7-17(34(47)48)24(39)11-14/h1-8,10-11,19-21,25-27,38-40H,9,12H2,(H,45,46)(H,47,48). The van der Waals surface area contributed by atoms with Gasteiger partial charge in [-0.05, 0) is 49.1 Å². The summed E-state index contributed by atoms with van der Waals surface area (Å²) in [5, 5.41) is 50.1. The fourth-order valence-corrected chi connectivity index (χ4v) is 7.91. The zero-order valence-corrected chi connectivity index (χ0v) is 24.6. The number of anilines is 2. The van der Waals surface area contributed by atoms with E-state index in [4.69, 9.17) is 0 Å². The van der Waals surface area contributed by atoms with Crippen LogP contribution in [0.1, 0.15) is 45.0 Å². The van der Waals surface area contributed by atoms with Crippen molar-refractivity contribution in [2.45, 2.75) is 18.8 Å². The van der Waals surface area contributed by atoms with Crippen LogP contribution in [-0.4, -0.2) is 61.1 Å². The molecule has 6 unspecified atom stereocenters. The molecule has 3 fully saturated rings. The van der Waals surface area contributed by atoms with Gasteiger partial charge < -0.3 is 25.5 Å². The van der Waals surface area contributed by atoms with E-state index >= 15 is 0 Å². The number of amides is 4. The van der Waals surface area contributed by atoms with Crippen LogP contribution in [0.5, 0.6) is 17.2 Å². The third kappa shape index (κ3) is 4.28. The van der Waals surface area contributed by atoms with E-state index in [2.05, 4.69) is 0 Å². The lowest BCUT2D eigenvalue weighted by Crippen LogP contribution is -2.43. The van der Waals surface area contributed by atoms with Gasteiger partial charge >= 0.3 is 11.9 Å². The molecule has 48 heavy (non-hydrogen) atoms. The Hall–Kier alpha value is -6.05. The number of aromatic carboxylic acids is 2. The molecule has 0 aromatic heterocycles. The summed E-state index contributed by atoms with van der Waals surface area (Å²) in [4.78, 5) is 80.5. The van der Waals surface area contributed by atoms with Crippen molar-refractivity contribution in [1.82, 2.24) is 0 Å². The summed E-state index contributed by atoms with van der Waals surface area (Å²) in [6, 6.07) is 10.2. The molecule has 244 valence electrons. The van der Waals surface area contributed by atoms with E-state index in [1.807, 2.05) is 0 Å². The third-order valence-corrected chi connectivity index (χ3v) is 9.94. The van der Waals surface area contributed by atoms with Crippen molar-refractivity contribution in [1.29, 1.82) is 0 Å². The summed E-state index contributed by atoms with van der Waals surface area (Å²) in [6.45, 7) is 0. The summed E-state index contributed by atoms with van der Waals surface area (Å²) in [5.74, 6) is -14.9. The van der Waals surface area contributed by atoms with Gasteiger partial charge in [0.15, 0.2) is 11.6 Å². The predicted molar refractivity (Wildman–Crippen MR) is 161 cm³/mol. The molecule has 2 heterocycles. The number of carboxylic acids is 2. The average molecular weight is 657 g/mol. The molecule has 13 nitrogen and oxygen atoms in total. The molecule has 0 radical (unpaired) electrons. The Bertz CT molecular complexity index is 2040. The largest absolute Gasteiger partial charge is 0.507 e. The van der Waals surface area contributed by atoms with Crippen LogP contribution < -0.4 is 9.80 Å². The molecule has 3 aromatic carbocycles. The Morgan fingerprint density at radius 3 is 1.77 bits per heavy atom. The number of carbonyl (C=O) groups excluding carboxylic acids is 4. The van der Waals surface area contributed by atoms with Crippen molar-refractivity contribution in [3.05, 3.63) is 88.8 Å². The van der Waals surface area contributed by atoms with Gasteiger partial charge in [-0.3, -0.25) is 19.2 Å². The molecule has 4 amide bonds. The molecule has 2 aliphatic heterocycles. The van der Waals surface area contributed by atoms with Crippen molar-refractivity contribution in [2.24, 2.45) is 29.6 Å². The van der Waals surface area contributed by atoms with E-state index < -0.39 is 105 Å². The lowest BCUT2D eigenvalue weighted by atomic mass is 9.57. The van der Waals surface area contributed by atoms with Crippen molar-refractivity contribution < 1.29 is 58.7 Å². The highest BCUT2D eigenvalue weighted by Gasteiger charge is 2.62. The maximum Gasteiger partial charge on any atom is 0.339 e. The smallest absolute Gasteiger partial charge is 0.339 e. The number of phenolic OH excluding ortho intramolecular Hbond substituents is 1. The number of hydrogen-bond donors (Lipinski definition) is 5. The first-order valence-electron chi connectivity index (χ1n) is 14.9. The molecule has 3 aromatic rings. The second-order valence-corrected chi connectivity index (χ2v) is 12.2. The first-order valence-corrected chi connectivity index (χ1v) is 14.9. The van der Waals surface area contributed by atoms with Crippen LogP contribution in [0, 0.1) is 35.4 Å². The first kappa shape index (κ1) is 30.6. The molecule has 2 aliphatic carbocycles. The summed E-state index contributed by atoms with van der Waals surface area (Å²) in [5.41, 5.74) is -0.608. The van der Waals surface area contributed by atoms with Crippen LogP contribution in [0.3, 0.4) is 0 Å². The van der Waals surface area contributed by atoms with Crippen LogP contribution in [0.25, 0.3) is 0 Å². The van der Waals surface area contributed by atoms with Gasteiger partial charge in [-0.2, -0.15) is 0 Å². The Labute approximate surface area is 269 Å². The van der Waals surface area contributed by atoms with Crippen molar-refractivity contribution in [3.8, 4) is 17.2 Å². The zero-order valence-electron chi connectivity index (χ0n) is 24.6. The van der Waals surface area contributed by atoms with Gasteiger partial charge in [-0.15, -0.1) is 0 Å². The number of allylic oxidation sites excluding steroid dienone is 2. The zero-order chi connectivity index (χ0) is 34.3. The fraction of sp³-hybridized carbons (Fsp3) is 0.235. The molecular formula is C34H25FN2O11. The minimum Gasteiger partial charge on any atom is -0.507 e. The number of nitrogens with zero attached hydrogens (tertiary/aromatic N) is 2. The number of carbonyl (C=O) groups is 6. The highest BCUT2D eigenvalue weighted by atomic mass is 19.1. The van der Waals surface area contributed by atoms with Gasteiger partial charge in [0.2, 0.25) is 23.6 Å². The minimum atomic E-state index is -1.43. The molecule has 7 rings (SSSR count). The van der Waals surface area contributed by atoms with Crippen molar-refractivity contribution >= 4 is 46.9 Å². The number of aromatic hydroxyl groups is 3. The normalized spacial score (nSPS) is 26.2. The van der Waals surface area contributed by atoms with E-state index in [1.54, 1.807) is 6.08 Å². The number of fused-ring (bicyclic) bond motifs is 4. The van der Waals surface area contributed by atoms with Gasteiger partial charge in [0.1, 0.15) is 22.6 Å². The number of hydrogen-bond acceptors (Lipinski definition) is 9. The maximum atomic E-state index is 14.8. The number of carboxylic acid groups (broad SMARTS) is 2. The summed E-state index contributed by atoms with van der Waals surface area (Å²) in [7, 11) is 0. The fourth-order valence-electron chi connectivity index (χ4n) is 7.91. The summed E-state index contributed by atoms with van der Waals surface area (Å²) < 4.78 is 14.8. The van der Waals surface area contributed by atoms with Gasteiger partial charge in [-0.25, -0.2) is 23.8 Å². The first-order chi connectivity index (χ1) is 22.8. The third-order valence-electron chi connectivity index (χ3n) is 9.94. The minimum absolute atomic E-state index is 0.00529. The van der Waals surface area contributed by atoms with E-state index in [0.29, 0.717) is 5.57 Å². The monoisotopic (exact) mass is 656 g/mol. The molecule has 6 atom stereocenters. The quantitative estimate of drug-likeness (QED) is 0.199. The molecule has 1 saturated carbocycles. The Morgan fingerprint density at radius 2 is 1.23 bits per heavy atom. The van der Waals surface area contributed by atoms with Gasteiger partial charge in [0.05, 0.1) is 35.0 Å². The van der Waals surface area contributed by atoms with Crippen LogP contribution in [0.4, 0.5) is 15.8 Å². The molecule has 2 saturated heterocycles. The highest BCUT2D eigenvalue weighted by molar-refractivity contribution is 6.24. The second-order valence-electron chi connectivity index (χ2n) is 12.2. The number of rotatable bonds is 5. The van der Waals surface area contributed by atoms with Crippen LogP contribution >= 0.6 is 0 Å². The number of imide groups is 2. The van der Waals surface area contributed by atoms with E-state index in [1.165, 1.54) is 24.3 Å². The highest BCUT2D eigenvalue weighted by Crippen LogP contribution is 2.59. The van der Waals surface area contributed by atoms with Gasteiger partial charge in [0.25, 0.3) is 0 Å². The lowest BCUT2D eigenvalue weighted by molar-refractivity contribution is -0.126. The van der Waals surface area contributed by atoms with Crippen molar-refractivity contribution in [3.63, 3.8) is 0 Å². The summed E-state index contributed by atoms with van der Waals surface area (Å²) in [6.07, 6.45) is 1.61. The Morgan fingerprint density at radius 1 is 0.688 bits per heavy atom. The van der Waals surface area contributed by atoms with Gasteiger partial charge in [-0.1, -0.05) is 23.8 Å². The molecular weight excluding hydrogens is 631 g/mol. The number of halogens is 1. The SMILES string of the molecule is O=C(O)c1ccc(N2C(=O)C3CC=C4C(CC5C(=O)N(c6ccc(C(=O)O)c(O)c6)C(=O)C5C4c4cccc(F)c4O)C3C2=O)cc1O. The topological polar surface area (TPSA) is 210 Å². The van der Waals surface area contributed by atoms with E-state index in [9.17, 15) is 58.7 Å². The molecule has 4 aliphatic rings. The Kier molecular flexibility index (Phi) is 6.86. The van der Waals surface area contributed by atoms with E-state index in [-0.39, 0.29) is 29.8 Å². The second kappa shape index (κ2) is 10.8. The maximum absolute atomic E-state index is 14.8. The summed E-state index contributed by atoms with van der Waals surface area (Å²) >= 11 is 0. The van der Waals surface area contributed by atoms with Gasteiger partial charge in [0, 0.05) is 23.6 Å². The molecule has 0 spiro atoms. The van der Waals surface area contributed by atoms with Crippen LogP contribution in [0.15, 0.2) is 66.2 Å². The molecule has 14 heteroatoms.